The molecule has 6 heteroatoms. The topological polar surface area (TPSA) is 59.1 Å². The predicted molar refractivity (Wildman–Crippen MR) is 98.9 cm³/mol. The molecule has 0 radical (unpaired) electrons. The molecule has 4 aliphatic heterocycles. The van der Waals surface area contributed by atoms with Crippen molar-refractivity contribution in [3.8, 4) is 0 Å². The van der Waals surface area contributed by atoms with Gasteiger partial charge >= 0.3 is 0 Å². The molecule has 142 valence electrons. The van der Waals surface area contributed by atoms with Crippen LogP contribution in [-0.2, 0) is 24.6 Å². The maximum absolute atomic E-state index is 13.6. The molecule has 0 unspecified atom stereocenters. The molecule has 4 bridgehead atoms. The summed E-state index contributed by atoms with van der Waals surface area (Å²) in [6.07, 6.45) is 3.10. The first kappa shape index (κ1) is 17.0. The third-order valence-corrected chi connectivity index (χ3v) is 7.07. The van der Waals surface area contributed by atoms with E-state index < -0.39 is 5.41 Å². The van der Waals surface area contributed by atoms with Crippen LogP contribution in [-0.4, -0.2) is 49.5 Å². The van der Waals surface area contributed by atoms with E-state index in [0.717, 1.165) is 16.8 Å². The molecule has 3 fully saturated rings. The molecule has 1 saturated carbocycles. The highest BCUT2D eigenvalue weighted by molar-refractivity contribution is 6.07. The Morgan fingerprint density at radius 1 is 1.33 bits per heavy atom. The number of Topliss-reactive ketones (excluding diaryl/α,β-unsaturated/α-hetero) is 1. The van der Waals surface area contributed by atoms with Crippen LogP contribution in [0.5, 0.6) is 0 Å². The fraction of sp³-hybridized carbons (Fsp3) is 0.524. The molecule has 1 aliphatic carbocycles. The van der Waals surface area contributed by atoms with E-state index in [1.807, 2.05) is 37.5 Å². The summed E-state index contributed by atoms with van der Waals surface area (Å²) >= 11 is 0. The number of carbonyl (C=O) groups is 2. The number of hydrogen-bond donors (Lipinski definition) is 0. The van der Waals surface area contributed by atoms with Crippen molar-refractivity contribution in [2.75, 3.05) is 25.8 Å². The Morgan fingerprint density at radius 2 is 2.11 bits per heavy atom. The highest BCUT2D eigenvalue weighted by Gasteiger charge is 2.64. The van der Waals surface area contributed by atoms with Crippen LogP contribution in [0.2, 0.25) is 0 Å². The molecule has 6 nitrogen and oxygen atoms in total. The number of para-hydroxylation sites is 1. The van der Waals surface area contributed by atoms with Crippen LogP contribution in [0.1, 0.15) is 25.3 Å². The Hall–Kier alpha value is -2.18. The van der Waals surface area contributed by atoms with Crippen LogP contribution < -0.4 is 5.06 Å². The van der Waals surface area contributed by atoms with Gasteiger partial charge in [-0.1, -0.05) is 18.2 Å². The maximum atomic E-state index is 13.6. The normalized spacial score (nSPS) is 36.7. The van der Waals surface area contributed by atoms with Crippen molar-refractivity contribution in [2.24, 2.45) is 11.8 Å². The highest BCUT2D eigenvalue weighted by atomic mass is 16.7. The lowest BCUT2D eigenvalue weighted by Crippen LogP contribution is -2.50. The standard InChI is InChI=1S/C21H24N2O4/c1-12(24)14-10-22(2)18-9-21(19-8-13(14)15(18)11-27-19)16-6-4-5-7-17(16)23(26-3)20(21)25/h4-7,10,13,15,18-19H,8-9,11H2,1-3H3/t13-,15-,18-,19+,21-/m0/s1. The SMILES string of the molecule is CON1C(=O)[C@@]2(C[C@H]3[C@H]4CO[C@@H]2C[C@H]4C(C(C)=O)=CN3C)c2ccccc21. The third-order valence-electron chi connectivity index (χ3n) is 7.07. The summed E-state index contributed by atoms with van der Waals surface area (Å²) in [6.45, 7) is 2.22. The van der Waals surface area contributed by atoms with Gasteiger partial charge in [0.25, 0.3) is 5.91 Å². The van der Waals surface area contributed by atoms with Crippen LogP contribution in [0, 0.1) is 11.8 Å². The summed E-state index contributed by atoms with van der Waals surface area (Å²) < 4.78 is 6.30. The number of carbonyl (C=O) groups excluding carboxylic acids is 2. The zero-order valence-corrected chi connectivity index (χ0v) is 15.8. The quantitative estimate of drug-likeness (QED) is 0.800. The first-order valence-corrected chi connectivity index (χ1v) is 9.53. The van der Waals surface area contributed by atoms with Crippen LogP contribution in [0.3, 0.4) is 0 Å². The Balaban J connectivity index is 1.69. The second-order valence-corrected chi connectivity index (χ2v) is 8.18. The number of amides is 1. The van der Waals surface area contributed by atoms with E-state index in [1.54, 1.807) is 6.92 Å². The van der Waals surface area contributed by atoms with Crippen LogP contribution in [0.25, 0.3) is 0 Å². The second kappa shape index (κ2) is 5.66. The van der Waals surface area contributed by atoms with Crippen LogP contribution in [0.4, 0.5) is 5.69 Å². The molecule has 1 aromatic rings. The molecule has 5 atom stereocenters. The number of fused-ring (bicyclic) bond motifs is 2. The van der Waals surface area contributed by atoms with E-state index in [4.69, 9.17) is 9.57 Å². The van der Waals surface area contributed by atoms with Gasteiger partial charge in [-0.2, -0.15) is 5.06 Å². The van der Waals surface area contributed by atoms with Crippen molar-refractivity contribution in [3.05, 3.63) is 41.6 Å². The number of nitrogens with zero attached hydrogens (tertiary/aromatic N) is 2. The van der Waals surface area contributed by atoms with E-state index in [-0.39, 0.29) is 35.7 Å². The molecule has 0 aromatic heterocycles. The van der Waals surface area contributed by atoms with Crippen molar-refractivity contribution in [1.82, 2.24) is 4.90 Å². The van der Waals surface area contributed by atoms with Gasteiger partial charge in [-0.25, -0.2) is 0 Å². The van der Waals surface area contributed by atoms with Gasteiger partial charge in [0, 0.05) is 30.8 Å². The van der Waals surface area contributed by atoms with Crippen molar-refractivity contribution >= 4 is 17.4 Å². The minimum Gasteiger partial charge on any atom is -0.377 e. The second-order valence-electron chi connectivity index (χ2n) is 8.18. The van der Waals surface area contributed by atoms with Gasteiger partial charge in [0.05, 0.1) is 25.5 Å². The molecule has 6 rings (SSSR count). The lowest BCUT2D eigenvalue weighted by molar-refractivity contribution is -0.137. The van der Waals surface area contributed by atoms with Crippen molar-refractivity contribution in [1.29, 1.82) is 0 Å². The van der Waals surface area contributed by atoms with Gasteiger partial charge in [-0.3, -0.25) is 14.4 Å². The first-order chi connectivity index (χ1) is 13.0. The monoisotopic (exact) mass is 368 g/mol. The number of hydroxylamine groups is 1. The molecule has 5 aliphatic rings. The lowest BCUT2D eigenvalue weighted by atomic mass is 9.72. The highest BCUT2D eigenvalue weighted by Crippen LogP contribution is 2.57. The van der Waals surface area contributed by atoms with Crippen molar-refractivity contribution in [2.45, 2.75) is 37.3 Å². The van der Waals surface area contributed by atoms with Gasteiger partial charge in [0.2, 0.25) is 0 Å². The Morgan fingerprint density at radius 3 is 2.85 bits per heavy atom. The molecular formula is C21H24N2O4. The largest absolute Gasteiger partial charge is 0.377 e. The minimum atomic E-state index is -0.769. The van der Waals surface area contributed by atoms with E-state index >= 15 is 0 Å². The summed E-state index contributed by atoms with van der Waals surface area (Å²) in [5.41, 5.74) is 1.88. The smallest absolute Gasteiger partial charge is 0.264 e. The Bertz CT molecular complexity index is 865. The van der Waals surface area contributed by atoms with E-state index in [2.05, 4.69) is 4.90 Å². The lowest BCUT2D eigenvalue weighted by Gasteiger charge is -2.43. The molecular weight excluding hydrogens is 344 g/mol. The summed E-state index contributed by atoms with van der Waals surface area (Å²) in [5.74, 6) is 0.440. The maximum Gasteiger partial charge on any atom is 0.264 e. The molecule has 2 saturated heterocycles. The Kier molecular flexibility index (Phi) is 3.55. The summed E-state index contributed by atoms with van der Waals surface area (Å²) in [6, 6.07) is 8.00. The zero-order valence-electron chi connectivity index (χ0n) is 15.8. The van der Waals surface area contributed by atoms with Crippen molar-refractivity contribution in [3.63, 3.8) is 0 Å². The van der Waals surface area contributed by atoms with E-state index in [1.165, 1.54) is 12.2 Å². The molecule has 4 heterocycles. The average molecular weight is 368 g/mol. The summed E-state index contributed by atoms with van der Waals surface area (Å²) in [7, 11) is 3.54. The number of allylic oxidation sites excluding steroid dienone is 1. The average Bonchev–Trinajstić information content (AvgIpc) is 2.77. The Labute approximate surface area is 158 Å². The third kappa shape index (κ3) is 2.03. The minimum absolute atomic E-state index is 0.0535. The number of ether oxygens (including phenoxy) is 1. The van der Waals surface area contributed by atoms with Crippen LogP contribution >= 0.6 is 0 Å². The molecule has 1 aromatic carbocycles. The first-order valence-electron chi connectivity index (χ1n) is 9.53. The van der Waals surface area contributed by atoms with E-state index in [9.17, 15) is 9.59 Å². The number of ketones is 1. The van der Waals surface area contributed by atoms with Crippen molar-refractivity contribution < 1.29 is 19.2 Å². The van der Waals surface area contributed by atoms with E-state index in [0.29, 0.717) is 19.4 Å². The fourth-order valence-corrected chi connectivity index (χ4v) is 5.84. The molecule has 0 N–H and O–H groups in total. The number of benzene rings is 1. The fourth-order valence-electron chi connectivity index (χ4n) is 5.84. The van der Waals surface area contributed by atoms with Crippen LogP contribution in [0.15, 0.2) is 36.0 Å². The molecule has 1 amide bonds. The number of anilines is 1. The predicted octanol–water partition coefficient (Wildman–Crippen LogP) is 2.04. The van der Waals surface area contributed by atoms with Gasteiger partial charge < -0.3 is 9.64 Å². The summed E-state index contributed by atoms with van der Waals surface area (Å²) in [5, 5.41) is 1.42. The molecule has 27 heavy (non-hydrogen) atoms. The van der Waals surface area contributed by atoms with Gasteiger partial charge in [0.15, 0.2) is 5.78 Å². The number of hydrogen-bond acceptors (Lipinski definition) is 5. The summed E-state index contributed by atoms with van der Waals surface area (Å²) in [4.78, 5) is 33.5. The molecule has 1 spiro atoms. The van der Waals surface area contributed by atoms with Gasteiger partial charge in [-0.15, -0.1) is 0 Å². The number of rotatable bonds is 2. The van der Waals surface area contributed by atoms with Gasteiger partial charge in [-0.05, 0) is 37.3 Å². The zero-order chi connectivity index (χ0) is 18.9. The van der Waals surface area contributed by atoms with Gasteiger partial charge in [0.1, 0.15) is 5.41 Å².